The Kier molecular flexibility index (Phi) is 7.26. The number of benzene rings is 3. The molecule has 9 heteroatoms. The zero-order valence-electron chi connectivity index (χ0n) is 19.1. The van der Waals surface area contributed by atoms with E-state index >= 15 is 0 Å². The molecular formula is C26H23FN4O3S. The Morgan fingerprint density at radius 1 is 0.971 bits per heavy atom. The number of aromatic nitrogens is 2. The van der Waals surface area contributed by atoms with Gasteiger partial charge in [-0.3, -0.25) is 19.0 Å². The van der Waals surface area contributed by atoms with E-state index in [1.54, 1.807) is 67.6 Å². The van der Waals surface area contributed by atoms with Crippen molar-refractivity contribution in [3.05, 3.63) is 94.5 Å². The summed E-state index contributed by atoms with van der Waals surface area (Å²) in [5, 5.41) is 5.80. The molecule has 0 saturated heterocycles. The lowest BCUT2D eigenvalue weighted by molar-refractivity contribution is -0.115. The van der Waals surface area contributed by atoms with Crippen LogP contribution in [0.3, 0.4) is 0 Å². The molecule has 4 rings (SSSR count). The first-order chi connectivity index (χ1) is 16.8. The van der Waals surface area contributed by atoms with E-state index in [2.05, 4.69) is 15.6 Å². The number of para-hydroxylation sites is 1. The summed E-state index contributed by atoms with van der Waals surface area (Å²) < 4.78 is 14.9. The number of thioether (sulfide) groups is 1. The minimum atomic E-state index is -0.572. The smallest absolute Gasteiger partial charge is 0.262 e. The molecule has 1 heterocycles. The van der Waals surface area contributed by atoms with Crippen LogP contribution in [0.15, 0.2) is 82.7 Å². The van der Waals surface area contributed by atoms with Crippen LogP contribution in [-0.4, -0.2) is 26.6 Å². The molecule has 4 aromatic rings. The fourth-order valence-electron chi connectivity index (χ4n) is 3.45. The van der Waals surface area contributed by atoms with E-state index in [9.17, 15) is 18.8 Å². The lowest BCUT2D eigenvalue weighted by Gasteiger charge is -2.17. The summed E-state index contributed by atoms with van der Waals surface area (Å²) in [5.74, 6) is -0.804. The maximum atomic E-state index is 13.4. The third-order valence-corrected chi connectivity index (χ3v) is 6.29. The first kappa shape index (κ1) is 24.2. The predicted molar refractivity (Wildman–Crippen MR) is 136 cm³/mol. The number of hydrogen-bond donors (Lipinski definition) is 2. The van der Waals surface area contributed by atoms with Gasteiger partial charge in [0.25, 0.3) is 5.56 Å². The van der Waals surface area contributed by atoms with Crippen molar-refractivity contribution in [1.29, 1.82) is 0 Å². The van der Waals surface area contributed by atoms with Gasteiger partial charge >= 0.3 is 0 Å². The normalized spacial score (nSPS) is 11.7. The number of halogens is 1. The van der Waals surface area contributed by atoms with Crippen molar-refractivity contribution in [2.45, 2.75) is 30.8 Å². The molecular weight excluding hydrogens is 467 g/mol. The first-order valence-electron chi connectivity index (χ1n) is 10.9. The molecule has 3 aromatic carbocycles. The molecule has 35 heavy (non-hydrogen) atoms. The van der Waals surface area contributed by atoms with E-state index in [0.717, 1.165) is 5.56 Å². The molecule has 1 atom stereocenters. The summed E-state index contributed by atoms with van der Waals surface area (Å²) in [7, 11) is 0. The maximum Gasteiger partial charge on any atom is 0.262 e. The van der Waals surface area contributed by atoms with Crippen molar-refractivity contribution in [3.63, 3.8) is 0 Å². The van der Waals surface area contributed by atoms with Gasteiger partial charge in [0.15, 0.2) is 5.16 Å². The van der Waals surface area contributed by atoms with E-state index in [-0.39, 0.29) is 29.7 Å². The Bertz CT molecular complexity index is 1440. The molecule has 0 fully saturated rings. The third kappa shape index (κ3) is 5.93. The number of carbonyl (C=O) groups excluding carboxylic acids is 2. The van der Waals surface area contributed by atoms with Crippen LogP contribution in [0.5, 0.6) is 0 Å². The number of hydrogen-bond acceptors (Lipinski definition) is 5. The monoisotopic (exact) mass is 490 g/mol. The molecule has 0 radical (unpaired) electrons. The Labute approximate surface area is 205 Å². The van der Waals surface area contributed by atoms with E-state index in [4.69, 9.17) is 0 Å². The summed E-state index contributed by atoms with van der Waals surface area (Å²) in [6.07, 6.45) is 0. The van der Waals surface area contributed by atoms with Crippen LogP contribution in [0, 0.1) is 5.82 Å². The second kappa shape index (κ2) is 10.5. The zero-order chi connectivity index (χ0) is 24.9. The highest BCUT2D eigenvalue weighted by molar-refractivity contribution is 8.00. The lowest BCUT2D eigenvalue weighted by Crippen LogP contribution is -2.27. The molecule has 2 amide bonds. The summed E-state index contributed by atoms with van der Waals surface area (Å²) in [6.45, 7) is 3.35. The van der Waals surface area contributed by atoms with Crippen LogP contribution in [0.25, 0.3) is 10.9 Å². The Hall–Kier alpha value is -3.98. The van der Waals surface area contributed by atoms with Gasteiger partial charge in [-0.2, -0.15) is 0 Å². The van der Waals surface area contributed by atoms with Crippen molar-refractivity contribution in [1.82, 2.24) is 9.55 Å². The third-order valence-electron chi connectivity index (χ3n) is 5.20. The molecule has 178 valence electrons. The molecule has 0 aliphatic heterocycles. The van der Waals surface area contributed by atoms with Crippen LogP contribution < -0.4 is 16.2 Å². The maximum absolute atomic E-state index is 13.4. The number of nitrogens with zero attached hydrogens (tertiary/aromatic N) is 2. The van der Waals surface area contributed by atoms with Gasteiger partial charge < -0.3 is 10.6 Å². The fraction of sp³-hybridized carbons (Fsp3) is 0.154. The van der Waals surface area contributed by atoms with Gasteiger partial charge in [-0.25, -0.2) is 9.37 Å². The average Bonchev–Trinajstić information content (AvgIpc) is 2.83. The lowest BCUT2D eigenvalue weighted by atomic mass is 10.2. The first-order valence-corrected chi connectivity index (χ1v) is 11.8. The van der Waals surface area contributed by atoms with E-state index in [1.807, 2.05) is 0 Å². The Morgan fingerprint density at radius 2 is 1.60 bits per heavy atom. The summed E-state index contributed by atoms with van der Waals surface area (Å²) in [6, 6.07) is 19.7. The molecule has 1 aromatic heterocycles. The zero-order valence-corrected chi connectivity index (χ0v) is 19.9. The minimum Gasteiger partial charge on any atom is -0.326 e. The van der Waals surface area contributed by atoms with Crippen LogP contribution >= 0.6 is 11.8 Å². The van der Waals surface area contributed by atoms with E-state index in [0.29, 0.717) is 27.4 Å². The predicted octanol–water partition coefficient (Wildman–Crippen LogP) is 4.66. The molecule has 0 bridgehead atoms. The second-order valence-electron chi connectivity index (χ2n) is 7.94. The SMILES string of the molecule is CC(=O)Nc1ccc(NC(=O)C(C)Sc2nc3ccccc3c(=O)n2Cc2ccc(F)cc2)cc1. The number of fused-ring (bicyclic) bond motifs is 1. The summed E-state index contributed by atoms with van der Waals surface area (Å²) >= 11 is 1.17. The van der Waals surface area contributed by atoms with Gasteiger partial charge in [0.2, 0.25) is 11.8 Å². The number of nitrogens with one attached hydrogen (secondary N) is 2. The summed E-state index contributed by atoms with van der Waals surface area (Å²) in [4.78, 5) is 42.0. The van der Waals surface area contributed by atoms with Gasteiger partial charge in [0, 0.05) is 18.3 Å². The van der Waals surface area contributed by atoms with Crippen LogP contribution in [-0.2, 0) is 16.1 Å². The van der Waals surface area contributed by atoms with Crippen molar-refractivity contribution in [2.24, 2.45) is 0 Å². The highest BCUT2D eigenvalue weighted by Gasteiger charge is 2.20. The van der Waals surface area contributed by atoms with Crippen LogP contribution in [0.4, 0.5) is 15.8 Å². The molecule has 1 unspecified atom stereocenters. The molecule has 0 aliphatic carbocycles. The highest BCUT2D eigenvalue weighted by Crippen LogP contribution is 2.25. The minimum absolute atomic E-state index is 0.179. The van der Waals surface area contributed by atoms with Gasteiger partial charge in [-0.15, -0.1) is 0 Å². The number of carbonyl (C=O) groups is 2. The average molecular weight is 491 g/mol. The second-order valence-corrected chi connectivity index (χ2v) is 9.25. The van der Waals surface area contributed by atoms with Crippen LogP contribution in [0.1, 0.15) is 19.4 Å². The van der Waals surface area contributed by atoms with Gasteiger partial charge in [-0.1, -0.05) is 36.0 Å². The molecule has 2 N–H and O–H groups in total. The molecule has 0 saturated carbocycles. The van der Waals surface area contributed by atoms with Crippen molar-refractivity contribution < 1.29 is 14.0 Å². The van der Waals surface area contributed by atoms with Gasteiger partial charge in [-0.05, 0) is 61.0 Å². The van der Waals surface area contributed by atoms with E-state index < -0.39 is 5.25 Å². The quantitative estimate of drug-likeness (QED) is 0.290. The van der Waals surface area contributed by atoms with Crippen molar-refractivity contribution in [3.8, 4) is 0 Å². The van der Waals surface area contributed by atoms with Gasteiger partial charge in [0.05, 0.1) is 22.7 Å². The largest absolute Gasteiger partial charge is 0.326 e. The fourth-order valence-corrected chi connectivity index (χ4v) is 4.35. The topological polar surface area (TPSA) is 93.1 Å². The Balaban J connectivity index is 1.58. The van der Waals surface area contributed by atoms with Crippen molar-refractivity contribution in [2.75, 3.05) is 10.6 Å². The standard InChI is InChI=1S/C26H23FN4O3S/c1-16(24(33)29-21-13-11-20(12-14-21)28-17(2)32)35-26-30-23-6-4-3-5-22(23)25(34)31(26)15-18-7-9-19(27)10-8-18/h3-14,16H,15H2,1-2H3,(H,28,32)(H,29,33). The number of anilines is 2. The molecule has 7 nitrogen and oxygen atoms in total. The van der Waals surface area contributed by atoms with E-state index in [1.165, 1.54) is 35.4 Å². The van der Waals surface area contributed by atoms with Gasteiger partial charge in [0.1, 0.15) is 5.82 Å². The molecule has 0 spiro atoms. The number of amides is 2. The Morgan fingerprint density at radius 3 is 2.26 bits per heavy atom. The highest BCUT2D eigenvalue weighted by atomic mass is 32.2. The van der Waals surface area contributed by atoms with Crippen LogP contribution in [0.2, 0.25) is 0 Å². The summed E-state index contributed by atoms with van der Waals surface area (Å²) in [5.41, 5.74) is 2.25. The molecule has 0 aliphatic rings. The van der Waals surface area contributed by atoms with Crippen molar-refractivity contribution >= 4 is 45.9 Å². The number of rotatable bonds is 7.